The highest BCUT2D eigenvalue weighted by atomic mass is 79.9. The molecule has 1 rings (SSSR count). The van der Waals surface area contributed by atoms with Crippen molar-refractivity contribution in [3.05, 3.63) is 33.8 Å². The van der Waals surface area contributed by atoms with Crippen LogP contribution in [0.4, 0.5) is 8.78 Å². The minimum Gasteiger partial charge on any atom is -0.274 e. The van der Waals surface area contributed by atoms with Gasteiger partial charge in [-0.1, -0.05) is 0 Å². The largest absolute Gasteiger partial charge is 0.280 e. The van der Waals surface area contributed by atoms with E-state index in [0.29, 0.717) is 0 Å². The van der Waals surface area contributed by atoms with Gasteiger partial charge in [-0.2, -0.15) is 0 Å². The van der Waals surface area contributed by atoms with Crippen LogP contribution in [-0.2, 0) is 4.84 Å². The fraction of sp³-hybridized carbons (Fsp3) is 0.222. The van der Waals surface area contributed by atoms with E-state index in [1.54, 1.807) is 0 Å². The third-order valence-electron chi connectivity index (χ3n) is 1.80. The maximum atomic E-state index is 13.3. The van der Waals surface area contributed by atoms with Gasteiger partial charge >= 0.3 is 0 Å². The molecule has 0 heterocycles. The van der Waals surface area contributed by atoms with Crippen LogP contribution in [0.25, 0.3) is 0 Å². The van der Waals surface area contributed by atoms with Crippen molar-refractivity contribution in [3.63, 3.8) is 0 Å². The first kappa shape index (κ1) is 12.1. The van der Waals surface area contributed by atoms with E-state index in [1.807, 2.05) is 0 Å². The predicted octanol–water partition coefficient (Wildman–Crippen LogP) is 2.36. The van der Waals surface area contributed by atoms with E-state index in [9.17, 15) is 13.6 Å². The molecule has 1 aromatic rings. The summed E-state index contributed by atoms with van der Waals surface area (Å²) in [5.41, 5.74) is -0.375. The zero-order valence-electron chi connectivity index (χ0n) is 8.05. The molecule has 82 valence electrons. The lowest BCUT2D eigenvalue weighted by atomic mass is 10.2. The molecule has 0 aromatic heterocycles. The van der Waals surface area contributed by atoms with Crippen LogP contribution in [0.1, 0.15) is 10.4 Å². The normalized spacial score (nSPS) is 10.2. The molecule has 0 N–H and O–H groups in total. The van der Waals surface area contributed by atoms with Crippen molar-refractivity contribution in [2.24, 2.45) is 0 Å². The quantitative estimate of drug-likeness (QED) is 0.615. The Bertz CT molecular complexity index is 398. The number of hydrogen-bond donors (Lipinski definition) is 0. The van der Waals surface area contributed by atoms with E-state index in [0.717, 1.165) is 17.2 Å². The summed E-state index contributed by atoms with van der Waals surface area (Å²) in [5.74, 6) is -2.26. The Morgan fingerprint density at radius 1 is 1.40 bits per heavy atom. The third-order valence-corrected chi connectivity index (χ3v) is 2.41. The van der Waals surface area contributed by atoms with Crippen LogP contribution in [0.3, 0.4) is 0 Å². The Kier molecular flexibility index (Phi) is 3.76. The zero-order chi connectivity index (χ0) is 11.6. The van der Waals surface area contributed by atoms with Crippen molar-refractivity contribution in [3.8, 4) is 0 Å². The second-order valence-corrected chi connectivity index (χ2v) is 3.59. The van der Waals surface area contributed by atoms with E-state index < -0.39 is 17.5 Å². The van der Waals surface area contributed by atoms with E-state index in [4.69, 9.17) is 0 Å². The molecule has 0 saturated heterocycles. The lowest BCUT2D eigenvalue weighted by Gasteiger charge is -2.14. The Morgan fingerprint density at radius 3 is 2.53 bits per heavy atom. The summed E-state index contributed by atoms with van der Waals surface area (Å²) in [7, 11) is 2.56. The van der Waals surface area contributed by atoms with Crippen LogP contribution < -0.4 is 0 Å². The van der Waals surface area contributed by atoms with Crippen molar-refractivity contribution in [2.75, 3.05) is 14.2 Å². The van der Waals surface area contributed by atoms with Crippen LogP contribution in [0.5, 0.6) is 0 Å². The molecule has 0 aliphatic carbocycles. The summed E-state index contributed by atoms with van der Waals surface area (Å²) in [5, 5.41) is 0.811. The monoisotopic (exact) mass is 279 g/mol. The first-order chi connectivity index (χ1) is 6.97. The van der Waals surface area contributed by atoms with Gasteiger partial charge in [-0.15, -0.1) is 0 Å². The first-order valence-electron chi connectivity index (χ1n) is 3.94. The second-order valence-electron chi connectivity index (χ2n) is 2.73. The SMILES string of the molecule is CON(C)C(=O)c1cc(F)c(Br)cc1F. The molecule has 0 aliphatic rings. The molecule has 0 spiro atoms. The molecule has 0 fully saturated rings. The van der Waals surface area contributed by atoms with Crippen LogP contribution in [0.2, 0.25) is 0 Å². The summed E-state index contributed by atoms with van der Waals surface area (Å²) in [6, 6.07) is 1.71. The first-order valence-corrected chi connectivity index (χ1v) is 4.73. The van der Waals surface area contributed by atoms with E-state index in [2.05, 4.69) is 20.8 Å². The van der Waals surface area contributed by atoms with Gasteiger partial charge in [0.1, 0.15) is 11.6 Å². The van der Waals surface area contributed by atoms with Crippen LogP contribution in [0, 0.1) is 11.6 Å². The molecule has 1 amide bonds. The summed E-state index contributed by atoms with van der Waals surface area (Å²) in [4.78, 5) is 16.0. The predicted molar refractivity (Wildman–Crippen MR) is 53.2 cm³/mol. The lowest BCUT2D eigenvalue weighted by Crippen LogP contribution is -2.26. The van der Waals surface area contributed by atoms with E-state index in [-0.39, 0.29) is 10.0 Å². The Labute approximate surface area is 93.7 Å². The number of rotatable bonds is 2. The minimum atomic E-state index is -0.808. The number of benzene rings is 1. The fourth-order valence-corrected chi connectivity index (χ4v) is 1.25. The highest BCUT2D eigenvalue weighted by Gasteiger charge is 2.18. The van der Waals surface area contributed by atoms with Crippen LogP contribution in [0.15, 0.2) is 16.6 Å². The summed E-state index contributed by atoms with van der Waals surface area (Å²) in [6.07, 6.45) is 0. The highest BCUT2D eigenvalue weighted by molar-refractivity contribution is 9.10. The van der Waals surface area contributed by atoms with Gasteiger partial charge in [0.05, 0.1) is 17.1 Å². The Balaban J connectivity index is 3.15. The molecule has 0 atom stereocenters. The third kappa shape index (κ3) is 2.51. The fourth-order valence-electron chi connectivity index (χ4n) is 0.939. The topological polar surface area (TPSA) is 29.5 Å². The summed E-state index contributed by atoms with van der Waals surface area (Å²) >= 11 is 2.81. The molecule has 0 aliphatic heterocycles. The van der Waals surface area contributed by atoms with Gasteiger partial charge in [0.25, 0.3) is 5.91 Å². The number of halogens is 3. The number of hydroxylamine groups is 2. The maximum absolute atomic E-state index is 13.3. The van der Waals surface area contributed by atoms with Crippen molar-refractivity contribution in [1.29, 1.82) is 0 Å². The van der Waals surface area contributed by atoms with Crippen molar-refractivity contribution < 1.29 is 18.4 Å². The smallest absolute Gasteiger partial charge is 0.274 e. The summed E-state index contributed by atoms with van der Waals surface area (Å²) < 4.78 is 26.3. The Hall–Kier alpha value is -1.01. The lowest BCUT2D eigenvalue weighted by molar-refractivity contribution is -0.0759. The van der Waals surface area contributed by atoms with Gasteiger partial charge in [0.15, 0.2) is 0 Å². The van der Waals surface area contributed by atoms with E-state index in [1.165, 1.54) is 14.2 Å². The van der Waals surface area contributed by atoms with Gasteiger partial charge in [-0.3, -0.25) is 9.63 Å². The van der Waals surface area contributed by atoms with Gasteiger partial charge in [0.2, 0.25) is 0 Å². The van der Waals surface area contributed by atoms with Crippen molar-refractivity contribution >= 4 is 21.8 Å². The molecule has 0 unspecified atom stereocenters. The number of amides is 1. The molecule has 15 heavy (non-hydrogen) atoms. The van der Waals surface area contributed by atoms with E-state index >= 15 is 0 Å². The maximum Gasteiger partial charge on any atom is 0.280 e. The number of carbonyl (C=O) groups excluding carboxylic acids is 1. The zero-order valence-corrected chi connectivity index (χ0v) is 9.64. The molecule has 1 aromatic carbocycles. The Morgan fingerprint density at radius 2 is 2.00 bits per heavy atom. The standard InChI is InChI=1S/C9H8BrF2NO2/c1-13(15-2)9(14)5-3-8(12)6(10)4-7(5)11/h3-4H,1-2H3. The average molecular weight is 280 g/mol. The number of nitrogens with zero attached hydrogens (tertiary/aromatic N) is 1. The van der Waals surface area contributed by atoms with Crippen molar-refractivity contribution in [2.45, 2.75) is 0 Å². The van der Waals surface area contributed by atoms with Crippen LogP contribution in [-0.4, -0.2) is 25.1 Å². The highest BCUT2D eigenvalue weighted by Crippen LogP contribution is 2.20. The van der Waals surface area contributed by atoms with Crippen LogP contribution >= 0.6 is 15.9 Å². The molecule has 3 nitrogen and oxygen atoms in total. The minimum absolute atomic E-state index is 0.0309. The summed E-state index contributed by atoms with van der Waals surface area (Å²) in [6.45, 7) is 0. The van der Waals surface area contributed by atoms with Gasteiger partial charge in [0, 0.05) is 7.05 Å². The molecule has 0 radical (unpaired) electrons. The molecule has 6 heteroatoms. The second kappa shape index (κ2) is 4.67. The molecule has 0 bridgehead atoms. The van der Waals surface area contributed by atoms with Gasteiger partial charge < -0.3 is 0 Å². The number of hydrogen-bond acceptors (Lipinski definition) is 2. The average Bonchev–Trinajstić information content (AvgIpc) is 2.21. The van der Waals surface area contributed by atoms with Crippen molar-refractivity contribution in [1.82, 2.24) is 5.06 Å². The number of carbonyl (C=O) groups is 1. The molecular formula is C9H8BrF2NO2. The molecule has 0 saturated carbocycles. The van der Waals surface area contributed by atoms with Gasteiger partial charge in [-0.25, -0.2) is 13.8 Å². The molecular weight excluding hydrogens is 272 g/mol. The van der Waals surface area contributed by atoms with Gasteiger partial charge in [-0.05, 0) is 28.1 Å².